The Morgan fingerprint density at radius 2 is 2.06 bits per heavy atom. The summed E-state index contributed by atoms with van der Waals surface area (Å²) in [5.41, 5.74) is 0.581. The molecule has 0 aliphatic carbocycles. The minimum Gasteiger partial charge on any atom is -0.477 e. The Hall–Kier alpha value is -1.57. The molecular weight excluding hydrogens is 271 g/mol. The molecule has 0 spiro atoms. The number of carbonyl (C=O) groups is 2. The van der Waals surface area contributed by atoms with Crippen LogP contribution in [0.2, 0.25) is 0 Å². The molecule has 1 aromatic rings. The van der Waals surface area contributed by atoms with Crippen LogP contribution in [0.5, 0.6) is 0 Å². The molecule has 0 saturated carbocycles. The second-order valence-electron chi connectivity index (χ2n) is 3.59. The molecule has 100 valence electrons. The summed E-state index contributed by atoms with van der Waals surface area (Å²) in [6, 6.07) is 0. The average Bonchev–Trinajstić information content (AvgIpc) is 2.57. The maximum atomic E-state index is 11.9. The number of anilines is 1. The summed E-state index contributed by atoms with van der Waals surface area (Å²) in [6.45, 7) is 1.57. The molecule has 0 saturated heterocycles. The number of alkyl halides is 3. The van der Waals surface area contributed by atoms with Gasteiger partial charge in [0.25, 0.3) is 0 Å². The lowest BCUT2D eigenvalue weighted by Gasteiger charge is -2.08. The van der Waals surface area contributed by atoms with Gasteiger partial charge in [0.05, 0.1) is 12.1 Å². The number of aromatic carboxylic acids is 1. The van der Waals surface area contributed by atoms with Gasteiger partial charge in [-0.25, -0.2) is 4.79 Å². The van der Waals surface area contributed by atoms with Crippen molar-refractivity contribution in [2.45, 2.75) is 25.9 Å². The molecule has 0 atom stereocenters. The molecule has 0 aliphatic rings. The largest absolute Gasteiger partial charge is 0.477 e. The number of hydrogen-bond donors (Lipinski definition) is 2. The molecule has 2 N–H and O–H groups in total. The molecule has 0 bridgehead atoms. The first-order valence-electron chi connectivity index (χ1n) is 4.88. The second kappa shape index (κ2) is 5.38. The lowest BCUT2D eigenvalue weighted by molar-refractivity contribution is -0.142. The minimum atomic E-state index is -4.41. The third-order valence-electron chi connectivity index (χ3n) is 2.07. The predicted molar refractivity (Wildman–Crippen MR) is 59.9 cm³/mol. The predicted octanol–water partition coefficient (Wildman–Crippen LogP) is 3.04. The van der Waals surface area contributed by atoms with Crippen molar-refractivity contribution in [3.8, 4) is 0 Å². The van der Waals surface area contributed by atoms with Crippen LogP contribution in [0.3, 0.4) is 0 Å². The van der Waals surface area contributed by atoms with Gasteiger partial charge in [-0.2, -0.15) is 13.2 Å². The number of amides is 1. The van der Waals surface area contributed by atoms with Crippen molar-refractivity contribution in [1.29, 1.82) is 0 Å². The van der Waals surface area contributed by atoms with Gasteiger partial charge >= 0.3 is 12.1 Å². The highest BCUT2D eigenvalue weighted by Crippen LogP contribution is 2.28. The van der Waals surface area contributed by atoms with Crippen LogP contribution in [0.1, 0.15) is 28.1 Å². The van der Waals surface area contributed by atoms with E-state index in [9.17, 15) is 22.8 Å². The monoisotopic (exact) mass is 281 g/mol. The number of halogens is 3. The highest BCUT2D eigenvalue weighted by molar-refractivity contribution is 7.12. The van der Waals surface area contributed by atoms with Gasteiger partial charge in [-0.05, 0) is 17.9 Å². The Bertz CT molecular complexity index is 467. The van der Waals surface area contributed by atoms with Crippen LogP contribution in [-0.2, 0) is 4.79 Å². The number of carboxylic acid groups (broad SMARTS) is 1. The fourth-order valence-corrected chi connectivity index (χ4v) is 2.06. The van der Waals surface area contributed by atoms with E-state index in [2.05, 4.69) is 5.32 Å². The Labute approximate surface area is 104 Å². The summed E-state index contributed by atoms with van der Waals surface area (Å²) < 4.78 is 35.7. The molecule has 18 heavy (non-hydrogen) atoms. The summed E-state index contributed by atoms with van der Waals surface area (Å²) in [5.74, 6) is -2.07. The zero-order valence-corrected chi connectivity index (χ0v) is 10.1. The standard InChI is InChI=1S/C10H10F3NO3S/c1-5-4-18-8(9(16)17)7(5)14-6(15)2-3-10(11,12)13/h4H,2-3H2,1H3,(H,14,15)(H,16,17). The van der Waals surface area contributed by atoms with Gasteiger partial charge in [0.15, 0.2) is 0 Å². The zero-order chi connectivity index (χ0) is 13.9. The second-order valence-corrected chi connectivity index (χ2v) is 4.47. The molecular formula is C10H10F3NO3S. The van der Waals surface area contributed by atoms with Crippen LogP contribution < -0.4 is 5.32 Å². The van der Waals surface area contributed by atoms with Crippen molar-refractivity contribution < 1.29 is 27.9 Å². The summed E-state index contributed by atoms with van der Waals surface area (Å²) >= 11 is 0.913. The van der Waals surface area contributed by atoms with E-state index in [1.807, 2.05) is 0 Å². The van der Waals surface area contributed by atoms with Gasteiger partial charge in [0.1, 0.15) is 4.88 Å². The molecule has 1 rings (SSSR count). The van der Waals surface area contributed by atoms with Crippen LogP contribution in [0.15, 0.2) is 5.38 Å². The first-order valence-corrected chi connectivity index (χ1v) is 5.76. The van der Waals surface area contributed by atoms with E-state index in [1.54, 1.807) is 6.92 Å². The molecule has 1 heterocycles. The number of aryl methyl sites for hydroxylation is 1. The molecule has 1 amide bonds. The number of thiophene rings is 1. The third-order valence-corrected chi connectivity index (χ3v) is 3.16. The molecule has 8 heteroatoms. The fourth-order valence-electron chi connectivity index (χ4n) is 1.21. The van der Waals surface area contributed by atoms with E-state index in [0.29, 0.717) is 5.56 Å². The van der Waals surface area contributed by atoms with Crippen LogP contribution in [0.25, 0.3) is 0 Å². The minimum absolute atomic E-state index is 0.0691. The maximum Gasteiger partial charge on any atom is 0.389 e. The quantitative estimate of drug-likeness (QED) is 0.891. The average molecular weight is 281 g/mol. The number of rotatable bonds is 4. The van der Waals surface area contributed by atoms with Crippen LogP contribution >= 0.6 is 11.3 Å². The molecule has 0 unspecified atom stereocenters. The number of hydrogen-bond acceptors (Lipinski definition) is 3. The van der Waals surface area contributed by atoms with Crippen LogP contribution in [0, 0.1) is 6.92 Å². The summed E-state index contributed by atoms with van der Waals surface area (Å²) in [7, 11) is 0. The first kappa shape index (κ1) is 14.5. The number of carboxylic acids is 1. The van der Waals surface area contributed by atoms with Crippen molar-refractivity contribution in [1.82, 2.24) is 0 Å². The number of carbonyl (C=O) groups excluding carboxylic acids is 1. The Balaban J connectivity index is 2.70. The topological polar surface area (TPSA) is 66.4 Å². The van der Waals surface area contributed by atoms with Crippen molar-refractivity contribution in [2.24, 2.45) is 0 Å². The van der Waals surface area contributed by atoms with Crippen LogP contribution in [0.4, 0.5) is 18.9 Å². The van der Waals surface area contributed by atoms with Crippen molar-refractivity contribution >= 4 is 28.9 Å². The Kier molecular flexibility index (Phi) is 4.33. The van der Waals surface area contributed by atoms with Crippen molar-refractivity contribution in [3.05, 3.63) is 15.8 Å². The summed E-state index contributed by atoms with van der Waals surface area (Å²) in [6.07, 6.45) is -6.36. The van der Waals surface area contributed by atoms with Crippen LogP contribution in [-0.4, -0.2) is 23.2 Å². The van der Waals surface area contributed by atoms with Gasteiger partial charge in [-0.1, -0.05) is 0 Å². The SMILES string of the molecule is Cc1csc(C(=O)O)c1NC(=O)CCC(F)(F)F. The highest BCUT2D eigenvalue weighted by Gasteiger charge is 2.28. The zero-order valence-electron chi connectivity index (χ0n) is 9.30. The molecule has 0 aromatic carbocycles. The maximum absolute atomic E-state index is 11.9. The van der Waals surface area contributed by atoms with Gasteiger partial charge in [0, 0.05) is 6.42 Å². The van der Waals surface area contributed by atoms with Gasteiger partial charge < -0.3 is 10.4 Å². The molecule has 0 aliphatic heterocycles. The van der Waals surface area contributed by atoms with Gasteiger partial charge in [-0.15, -0.1) is 11.3 Å². The van der Waals surface area contributed by atoms with E-state index in [-0.39, 0.29) is 10.6 Å². The van der Waals surface area contributed by atoms with Gasteiger partial charge in [-0.3, -0.25) is 4.79 Å². The fraction of sp³-hybridized carbons (Fsp3) is 0.400. The summed E-state index contributed by atoms with van der Waals surface area (Å²) in [4.78, 5) is 22.0. The molecule has 1 aromatic heterocycles. The van der Waals surface area contributed by atoms with Gasteiger partial charge in [0.2, 0.25) is 5.91 Å². The van der Waals surface area contributed by atoms with Crippen molar-refractivity contribution in [3.63, 3.8) is 0 Å². The highest BCUT2D eigenvalue weighted by atomic mass is 32.1. The molecule has 0 fully saturated rings. The third kappa shape index (κ3) is 4.02. The molecule has 4 nitrogen and oxygen atoms in total. The van der Waals surface area contributed by atoms with E-state index >= 15 is 0 Å². The van der Waals surface area contributed by atoms with E-state index in [0.717, 1.165) is 11.3 Å². The lowest BCUT2D eigenvalue weighted by Crippen LogP contribution is -2.17. The smallest absolute Gasteiger partial charge is 0.389 e. The summed E-state index contributed by atoms with van der Waals surface area (Å²) in [5, 5.41) is 12.6. The first-order chi connectivity index (χ1) is 8.20. The Morgan fingerprint density at radius 3 is 2.56 bits per heavy atom. The molecule has 0 radical (unpaired) electrons. The van der Waals surface area contributed by atoms with E-state index in [4.69, 9.17) is 5.11 Å². The normalized spacial score (nSPS) is 11.3. The van der Waals surface area contributed by atoms with E-state index < -0.39 is 30.9 Å². The number of nitrogens with one attached hydrogen (secondary N) is 1. The lowest BCUT2D eigenvalue weighted by atomic mass is 10.2. The van der Waals surface area contributed by atoms with E-state index in [1.165, 1.54) is 5.38 Å². The Morgan fingerprint density at radius 1 is 1.44 bits per heavy atom. The van der Waals surface area contributed by atoms with Crippen molar-refractivity contribution in [2.75, 3.05) is 5.32 Å².